The van der Waals surface area contributed by atoms with E-state index in [1.807, 2.05) is 0 Å². The number of carbonyl (C=O) groups is 2. The molecule has 3 N–H and O–H groups in total. The molecule has 2 atom stereocenters. The second kappa shape index (κ2) is 13.9. The quantitative estimate of drug-likeness (QED) is 0.126. The Kier molecular flexibility index (Phi) is 10.4. The monoisotopic (exact) mass is 668 g/mol. The van der Waals surface area contributed by atoms with E-state index in [1.165, 1.54) is 24.3 Å². The molecule has 0 aromatic heterocycles. The fraction of sp³-hybridized carbons (Fsp3) is 0.188. The summed E-state index contributed by atoms with van der Waals surface area (Å²) >= 11 is 5.87. The van der Waals surface area contributed by atoms with Crippen LogP contribution in [0.5, 0.6) is 0 Å². The van der Waals surface area contributed by atoms with Gasteiger partial charge in [-0.05, 0) is 70.6 Å². The highest BCUT2D eigenvalue weighted by Crippen LogP contribution is 2.33. The van der Waals surface area contributed by atoms with Crippen LogP contribution in [0.3, 0.4) is 0 Å². The van der Waals surface area contributed by atoms with Crippen molar-refractivity contribution in [1.82, 2.24) is 5.32 Å². The van der Waals surface area contributed by atoms with Crippen molar-refractivity contribution in [3.05, 3.63) is 112 Å². The number of methoxy groups -OCH3 is 1. The molecule has 0 spiro atoms. The summed E-state index contributed by atoms with van der Waals surface area (Å²) in [6, 6.07) is 16.9. The highest BCUT2D eigenvalue weighted by atomic mass is 35.5. The van der Waals surface area contributed by atoms with Crippen LogP contribution in [0.2, 0.25) is 5.02 Å². The molecule has 0 saturated heterocycles. The van der Waals surface area contributed by atoms with Crippen molar-refractivity contribution in [2.75, 3.05) is 12.4 Å². The van der Waals surface area contributed by atoms with Gasteiger partial charge in [0.2, 0.25) is 0 Å². The maximum atomic E-state index is 13.5. The van der Waals surface area contributed by atoms with E-state index in [0.29, 0.717) is 16.7 Å². The average molecular weight is 669 g/mol. The van der Waals surface area contributed by atoms with Gasteiger partial charge in [-0.15, -0.1) is 0 Å². The predicted molar refractivity (Wildman–Crippen MR) is 156 cm³/mol. The smallest absolute Gasteiger partial charge is 0.366 e. The molecular formula is C32H24ClF7N2O4. The van der Waals surface area contributed by atoms with Crippen LogP contribution in [0.1, 0.15) is 21.5 Å². The number of alkyl halides is 6. The number of rotatable bonds is 9. The van der Waals surface area contributed by atoms with Crippen LogP contribution in [0.4, 0.5) is 36.4 Å². The van der Waals surface area contributed by atoms with Gasteiger partial charge >= 0.3 is 18.3 Å². The zero-order chi connectivity index (χ0) is 33.8. The van der Waals surface area contributed by atoms with E-state index in [-0.39, 0.29) is 22.6 Å². The fourth-order valence-corrected chi connectivity index (χ4v) is 4.64. The Hall–Kier alpha value is -4.46. The topological polar surface area (TPSA) is 87.7 Å². The number of amides is 2. The summed E-state index contributed by atoms with van der Waals surface area (Å²) in [6.07, 6.45) is -11.5. The van der Waals surface area contributed by atoms with E-state index in [2.05, 4.69) is 5.32 Å². The molecule has 4 aromatic carbocycles. The first kappa shape index (κ1) is 34.4. The summed E-state index contributed by atoms with van der Waals surface area (Å²) in [5.41, 5.74) is 0.313. The minimum atomic E-state index is -5.29. The minimum absolute atomic E-state index is 0.0337. The number of aliphatic hydroxyl groups excluding tert-OH is 1. The Balaban J connectivity index is 1.63. The minimum Gasteiger partial charge on any atom is -0.366 e. The molecule has 0 radical (unpaired) electrons. The number of halogens is 8. The molecule has 0 heterocycles. The van der Waals surface area contributed by atoms with Gasteiger partial charge in [0.05, 0.1) is 27.9 Å². The Morgan fingerprint density at radius 1 is 0.826 bits per heavy atom. The Morgan fingerprint density at radius 2 is 1.37 bits per heavy atom. The Labute approximate surface area is 262 Å². The van der Waals surface area contributed by atoms with Crippen molar-refractivity contribution in [1.29, 1.82) is 0 Å². The summed E-state index contributed by atoms with van der Waals surface area (Å²) in [7, 11) is 1.16. The lowest BCUT2D eigenvalue weighted by Crippen LogP contribution is -2.46. The number of hydrogen-bond acceptors (Lipinski definition) is 4. The van der Waals surface area contributed by atoms with Crippen molar-refractivity contribution >= 4 is 29.1 Å². The van der Waals surface area contributed by atoms with Gasteiger partial charge in [0, 0.05) is 7.11 Å². The second-order valence-corrected chi connectivity index (χ2v) is 10.4. The van der Waals surface area contributed by atoms with Gasteiger partial charge in [-0.25, -0.2) is 4.39 Å². The third-order valence-electron chi connectivity index (χ3n) is 6.88. The lowest BCUT2D eigenvalue weighted by molar-refractivity contribution is -0.167. The molecule has 0 bridgehead atoms. The van der Waals surface area contributed by atoms with Crippen LogP contribution < -0.4 is 10.6 Å². The average Bonchev–Trinajstić information content (AvgIpc) is 3.01. The zero-order valence-corrected chi connectivity index (χ0v) is 24.4. The van der Waals surface area contributed by atoms with E-state index in [4.69, 9.17) is 16.3 Å². The molecule has 0 saturated carbocycles. The van der Waals surface area contributed by atoms with E-state index in [0.717, 1.165) is 43.5 Å². The molecule has 4 aromatic rings. The van der Waals surface area contributed by atoms with Crippen LogP contribution in [0.25, 0.3) is 22.3 Å². The lowest BCUT2D eigenvalue weighted by Gasteiger charge is -2.24. The summed E-state index contributed by atoms with van der Waals surface area (Å²) in [5, 5.41) is 14.6. The third kappa shape index (κ3) is 8.42. The lowest BCUT2D eigenvalue weighted by atomic mass is 9.98. The number of nitrogens with one attached hydrogen (secondary N) is 2. The number of hydrogen-bond donors (Lipinski definition) is 3. The van der Waals surface area contributed by atoms with Gasteiger partial charge in [0.25, 0.3) is 5.91 Å². The third-order valence-corrected chi connectivity index (χ3v) is 7.17. The molecule has 46 heavy (non-hydrogen) atoms. The molecule has 242 valence electrons. The highest BCUT2D eigenvalue weighted by Gasteiger charge is 2.39. The number of anilines is 1. The molecule has 2 amide bonds. The van der Waals surface area contributed by atoms with Crippen LogP contribution in [0, 0.1) is 5.82 Å². The van der Waals surface area contributed by atoms with E-state index in [1.54, 1.807) is 29.6 Å². The molecule has 14 heteroatoms. The fourth-order valence-electron chi connectivity index (χ4n) is 4.46. The first-order chi connectivity index (χ1) is 21.6. The standard InChI is InChI=1S/C32H24ClF7N2O4/c1-46-29(44)27(14-17-2-4-18(5-3-17)21-8-12-25(34)24(33)16-21)41-28(43)23-15-20(9-13-26(23)42-30(45)32(38,39)40)19-6-10-22(11-7-19)31(35,36)37/h2-13,15-16,27,29,44H,14H2,1H3,(H,41,43)(H,42,45)/t27-,29?/m0/s1. The van der Waals surface area contributed by atoms with Crippen LogP contribution >= 0.6 is 11.6 Å². The Morgan fingerprint density at radius 3 is 1.91 bits per heavy atom. The summed E-state index contributed by atoms with van der Waals surface area (Å²) in [4.78, 5) is 25.2. The maximum absolute atomic E-state index is 13.5. The van der Waals surface area contributed by atoms with E-state index >= 15 is 0 Å². The highest BCUT2D eigenvalue weighted by molar-refractivity contribution is 6.31. The van der Waals surface area contributed by atoms with Crippen LogP contribution in [-0.4, -0.2) is 42.5 Å². The van der Waals surface area contributed by atoms with Gasteiger partial charge in [-0.1, -0.05) is 60.1 Å². The maximum Gasteiger partial charge on any atom is 0.471 e. The molecular weight excluding hydrogens is 645 g/mol. The largest absolute Gasteiger partial charge is 0.471 e. The van der Waals surface area contributed by atoms with Gasteiger partial charge in [-0.3, -0.25) is 9.59 Å². The van der Waals surface area contributed by atoms with Crippen LogP contribution in [-0.2, 0) is 22.1 Å². The number of carbonyl (C=O) groups excluding carboxylic acids is 2. The van der Waals surface area contributed by atoms with Crippen molar-refractivity contribution < 1.29 is 50.2 Å². The summed E-state index contributed by atoms with van der Waals surface area (Å²) < 4.78 is 96.8. The number of ether oxygens (including phenoxy) is 1. The zero-order valence-electron chi connectivity index (χ0n) is 23.6. The molecule has 0 aliphatic rings. The van der Waals surface area contributed by atoms with Gasteiger partial charge < -0.3 is 20.5 Å². The first-order valence-corrected chi connectivity index (χ1v) is 13.7. The molecule has 4 rings (SSSR count). The molecule has 0 aliphatic heterocycles. The number of aliphatic hydroxyl groups is 1. The normalized spacial score (nSPS) is 13.2. The van der Waals surface area contributed by atoms with Crippen molar-refractivity contribution in [2.45, 2.75) is 31.1 Å². The van der Waals surface area contributed by atoms with E-state index in [9.17, 15) is 45.4 Å². The molecule has 0 fully saturated rings. The molecule has 0 aliphatic carbocycles. The predicted octanol–water partition coefficient (Wildman–Crippen LogP) is 7.64. The van der Waals surface area contributed by atoms with Crippen LogP contribution in [0.15, 0.2) is 84.9 Å². The summed E-state index contributed by atoms with van der Waals surface area (Å²) in [6.45, 7) is 0. The van der Waals surface area contributed by atoms with Gasteiger partial charge in [-0.2, -0.15) is 26.3 Å². The van der Waals surface area contributed by atoms with Crippen molar-refractivity contribution in [2.24, 2.45) is 0 Å². The van der Waals surface area contributed by atoms with Gasteiger partial charge in [0.15, 0.2) is 6.29 Å². The van der Waals surface area contributed by atoms with E-state index < -0.39 is 59.1 Å². The Bertz CT molecular complexity index is 1710. The first-order valence-electron chi connectivity index (χ1n) is 13.3. The molecule has 1 unspecified atom stereocenters. The summed E-state index contributed by atoms with van der Waals surface area (Å²) in [5.74, 6) is -3.97. The van der Waals surface area contributed by atoms with Gasteiger partial charge in [0.1, 0.15) is 5.82 Å². The second-order valence-electron chi connectivity index (χ2n) is 10.0. The SMILES string of the molecule is COC(O)[C@H](Cc1ccc(-c2ccc(F)c(Cl)c2)cc1)NC(=O)c1cc(-c2ccc(C(F)(F)F)cc2)ccc1NC(=O)C(F)(F)F. The van der Waals surface area contributed by atoms with Crippen molar-refractivity contribution in [3.8, 4) is 22.3 Å². The molecule has 6 nitrogen and oxygen atoms in total. The van der Waals surface area contributed by atoms with Crippen molar-refractivity contribution in [3.63, 3.8) is 0 Å². The number of benzene rings is 4.